The number of hydrogen-bond acceptors (Lipinski definition) is 4. The van der Waals surface area contributed by atoms with Gasteiger partial charge in [-0.15, -0.1) is 0 Å². The van der Waals surface area contributed by atoms with E-state index in [0.29, 0.717) is 13.1 Å². The zero-order valence-electron chi connectivity index (χ0n) is 20.5. The summed E-state index contributed by atoms with van der Waals surface area (Å²) >= 11 is 0. The van der Waals surface area contributed by atoms with Gasteiger partial charge in [0.2, 0.25) is 0 Å². The lowest BCUT2D eigenvalue weighted by molar-refractivity contribution is 0.0205. The molecule has 0 atom stereocenters. The third-order valence-corrected chi connectivity index (χ3v) is 6.50. The van der Waals surface area contributed by atoms with Crippen LogP contribution in [0.25, 0.3) is 28.0 Å². The summed E-state index contributed by atoms with van der Waals surface area (Å²) in [5.41, 5.74) is 3.65. The number of benzene rings is 2. The number of carbonyl (C=O) groups excluding carboxylic acids is 1. The number of likely N-dealkylation sites (tertiary alicyclic amines) is 1. The summed E-state index contributed by atoms with van der Waals surface area (Å²) in [5, 5.41) is 5.34. The first-order valence-corrected chi connectivity index (χ1v) is 11.9. The van der Waals surface area contributed by atoms with Crippen molar-refractivity contribution in [2.75, 3.05) is 13.1 Å². The number of halogens is 1. The summed E-state index contributed by atoms with van der Waals surface area (Å²) in [6.45, 7) is 6.95. The fourth-order valence-electron chi connectivity index (χ4n) is 4.79. The van der Waals surface area contributed by atoms with E-state index in [-0.39, 0.29) is 17.8 Å². The van der Waals surface area contributed by atoms with Crippen LogP contribution >= 0.6 is 0 Å². The molecule has 1 amide bonds. The van der Waals surface area contributed by atoms with Gasteiger partial charge in [0.15, 0.2) is 5.82 Å². The van der Waals surface area contributed by atoms with Crippen LogP contribution in [0.1, 0.15) is 45.1 Å². The molecular formula is C27H30FN5O2. The van der Waals surface area contributed by atoms with Crippen molar-refractivity contribution in [1.29, 1.82) is 0 Å². The normalized spacial score (nSPS) is 15.1. The van der Waals surface area contributed by atoms with Crippen LogP contribution in [0.5, 0.6) is 0 Å². The molecule has 0 spiro atoms. The monoisotopic (exact) mass is 475 g/mol. The van der Waals surface area contributed by atoms with Gasteiger partial charge < -0.3 is 14.2 Å². The predicted molar refractivity (Wildman–Crippen MR) is 133 cm³/mol. The smallest absolute Gasteiger partial charge is 0.410 e. The van der Waals surface area contributed by atoms with E-state index in [9.17, 15) is 9.18 Å². The summed E-state index contributed by atoms with van der Waals surface area (Å²) in [6.07, 6.45) is 5.14. The first-order chi connectivity index (χ1) is 16.7. The second kappa shape index (κ2) is 8.83. The lowest BCUT2D eigenvalue weighted by Gasteiger charge is -2.33. The molecule has 0 saturated carbocycles. The Morgan fingerprint density at radius 2 is 1.80 bits per heavy atom. The van der Waals surface area contributed by atoms with E-state index in [2.05, 4.69) is 33.0 Å². The second-order valence-corrected chi connectivity index (χ2v) is 10.1. The molecule has 3 heterocycles. The molecular weight excluding hydrogens is 445 g/mol. The molecule has 0 N–H and O–H groups in total. The SMILES string of the molecule is Cn1ncnc1-c1ccc2c(c1)c(C1CCN(C(=O)OC(C)(C)C)CC1)cn2-c1ccc(F)cc1. The maximum absolute atomic E-state index is 13.6. The van der Waals surface area contributed by atoms with Gasteiger partial charge in [-0.25, -0.2) is 18.9 Å². The number of aromatic nitrogens is 4. The van der Waals surface area contributed by atoms with Crippen molar-refractivity contribution in [1.82, 2.24) is 24.2 Å². The van der Waals surface area contributed by atoms with E-state index in [4.69, 9.17) is 4.74 Å². The minimum atomic E-state index is -0.507. The number of amides is 1. The fraction of sp³-hybridized carbons (Fsp3) is 0.370. The van der Waals surface area contributed by atoms with Crippen LogP contribution in [0.3, 0.4) is 0 Å². The summed E-state index contributed by atoms with van der Waals surface area (Å²) < 4.78 is 23.0. The summed E-state index contributed by atoms with van der Waals surface area (Å²) in [4.78, 5) is 18.8. The topological polar surface area (TPSA) is 65.2 Å². The van der Waals surface area contributed by atoms with Gasteiger partial charge in [0.1, 0.15) is 17.7 Å². The van der Waals surface area contributed by atoms with Gasteiger partial charge in [-0.2, -0.15) is 5.10 Å². The van der Waals surface area contributed by atoms with Gasteiger partial charge in [-0.3, -0.25) is 0 Å². The van der Waals surface area contributed by atoms with Gasteiger partial charge in [-0.05, 0) is 87.6 Å². The molecule has 2 aromatic carbocycles. The standard InChI is InChI=1S/C27H30FN5O2/c1-27(2,3)35-26(34)32-13-11-18(12-14-32)23-16-33(21-8-6-20(28)7-9-21)24-10-5-19(15-22(23)24)25-29-17-30-31(25)4/h5-10,15-18H,11-14H2,1-4H3. The number of carbonyl (C=O) groups is 1. The summed E-state index contributed by atoms with van der Waals surface area (Å²) in [5.74, 6) is 0.823. The van der Waals surface area contributed by atoms with Crippen LogP contribution < -0.4 is 0 Å². The molecule has 8 heteroatoms. The van der Waals surface area contributed by atoms with Crippen LogP contribution in [-0.2, 0) is 11.8 Å². The Bertz CT molecular complexity index is 1360. The Hall–Kier alpha value is -3.68. The van der Waals surface area contributed by atoms with Crippen LogP contribution in [-0.4, -0.2) is 49.0 Å². The third kappa shape index (κ3) is 4.65. The highest BCUT2D eigenvalue weighted by Crippen LogP contribution is 2.37. The second-order valence-electron chi connectivity index (χ2n) is 10.1. The van der Waals surface area contributed by atoms with Crippen LogP contribution in [0, 0.1) is 5.82 Å². The average molecular weight is 476 g/mol. The summed E-state index contributed by atoms with van der Waals surface area (Å²) in [7, 11) is 1.88. The van der Waals surface area contributed by atoms with E-state index in [1.165, 1.54) is 17.7 Å². The highest BCUT2D eigenvalue weighted by atomic mass is 19.1. The number of aryl methyl sites for hydroxylation is 1. The number of fused-ring (bicyclic) bond motifs is 1. The largest absolute Gasteiger partial charge is 0.444 e. The molecule has 0 unspecified atom stereocenters. The minimum Gasteiger partial charge on any atom is -0.444 e. The first kappa shape index (κ1) is 23.1. The average Bonchev–Trinajstić information content (AvgIpc) is 3.42. The Balaban J connectivity index is 1.51. The number of nitrogens with zero attached hydrogens (tertiary/aromatic N) is 5. The molecule has 1 fully saturated rings. The molecule has 1 aliphatic heterocycles. The molecule has 1 saturated heterocycles. The Labute approximate surface area is 204 Å². The number of hydrogen-bond donors (Lipinski definition) is 0. The van der Waals surface area contributed by atoms with Gasteiger partial charge in [0.25, 0.3) is 0 Å². The van der Waals surface area contributed by atoms with Gasteiger partial charge in [-0.1, -0.05) is 0 Å². The van der Waals surface area contributed by atoms with E-state index in [1.807, 2.05) is 33.9 Å². The van der Waals surface area contributed by atoms with Crippen LogP contribution in [0.15, 0.2) is 55.0 Å². The van der Waals surface area contributed by atoms with Crippen molar-refractivity contribution in [3.63, 3.8) is 0 Å². The quantitative estimate of drug-likeness (QED) is 0.382. The highest BCUT2D eigenvalue weighted by molar-refractivity contribution is 5.89. The molecule has 4 aromatic rings. The van der Waals surface area contributed by atoms with Crippen molar-refractivity contribution < 1.29 is 13.9 Å². The van der Waals surface area contributed by atoms with Crippen molar-refractivity contribution in [2.45, 2.75) is 45.1 Å². The van der Waals surface area contributed by atoms with Crippen molar-refractivity contribution in [3.05, 3.63) is 66.4 Å². The summed E-state index contributed by atoms with van der Waals surface area (Å²) in [6, 6.07) is 12.8. The van der Waals surface area contributed by atoms with Gasteiger partial charge >= 0.3 is 6.09 Å². The Morgan fingerprint density at radius 3 is 2.43 bits per heavy atom. The number of ether oxygens (including phenoxy) is 1. The molecule has 35 heavy (non-hydrogen) atoms. The molecule has 1 aliphatic rings. The highest BCUT2D eigenvalue weighted by Gasteiger charge is 2.29. The van der Waals surface area contributed by atoms with Gasteiger partial charge in [0, 0.05) is 43.0 Å². The van der Waals surface area contributed by atoms with Crippen molar-refractivity contribution >= 4 is 17.0 Å². The lowest BCUT2D eigenvalue weighted by Crippen LogP contribution is -2.41. The minimum absolute atomic E-state index is 0.255. The maximum atomic E-state index is 13.6. The molecule has 0 bridgehead atoms. The van der Waals surface area contributed by atoms with Crippen molar-refractivity contribution in [3.8, 4) is 17.1 Å². The van der Waals surface area contributed by atoms with Crippen LogP contribution in [0.2, 0.25) is 0 Å². The first-order valence-electron chi connectivity index (χ1n) is 11.9. The maximum Gasteiger partial charge on any atom is 0.410 e. The Kier molecular flexibility index (Phi) is 5.83. The molecule has 7 nitrogen and oxygen atoms in total. The van der Waals surface area contributed by atoms with E-state index in [1.54, 1.807) is 28.0 Å². The predicted octanol–water partition coefficient (Wildman–Crippen LogP) is 5.68. The fourth-order valence-corrected chi connectivity index (χ4v) is 4.79. The lowest BCUT2D eigenvalue weighted by atomic mass is 9.89. The molecule has 0 aliphatic carbocycles. The van der Waals surface area contributed by atoms with E-state index in [0.717, 1.165) is 40.8 Å². The molecule has 0 radical (unpaired) electrons. The molecule has 2 aromatic heterocycles. The van der Waals surface area contributed by atoms with Crippen LogP contribution in [0.4, 0.5) is 9.18 Å². The van der Waals surface area contributed by atoms with Crippen molar-refractivity contribution in [2.24, 2.45) is 7.05 Å². The molecule has 182 valence electrons. The third-order valence-electron chi connectivity index (χ3n) is 6.50. The zero-order valence-corrected chi connectivity index (χ0v) is 20.5. The number of rotatable bonds is 3. The Morgan fingerprint density at radius 1 is 1.09 bits per heavy atom. The van der Waals surface area contributed by atoms with Gasteiger partial charge in [0.05, 0.1) is 5.52 Å². The number of piperidine rings is 1. The zero-order chi connectivity index (χ0) is 24.7. The van der Waals surface area contributed by atoms with E-state index >= 15 is 0 Å². The molecule has 5 rings (SSSR count). The van der Waals surface area contributed by atoms with E-state index < -0.39 is 5.60 Å².